The summed E-state index contributed by atoms with van der Waals surface area (Å²) in [6.45, 7) is 9.81. The summed E-state index contributed by atoms with van der Waals surface area (Å²) in [7, 11) is 2.04. The van der Waals surface area contributed by atoms with Crippen LogP contribution in [0.2, 0.25) is 0 Å². The van der Waals surface area contributed by atoms with E-state index in [2.05, 4.69) is 46.7 Å². The second kappa shape index (κ2) is 6.61. The molecule has 29 heavy (non-hydrogen) atoms. The smallest absolute Gasteiger partial charge is 0.216 e. The van der Waals surface area contributed by atoms with E-state index < -0.39 is 0 Å². The summed E-state index contributed by atoms with van der Waals surface area (Å²) in [6.07, 6.45) is 2.04. The molecular formula is C26H19N2O+. The number of furan rings is 1. The van der Waals surface area contributed by atoms with Gasteiger partial charge in [0.25, 0.3) is 0 Å². The van der Waals surface area contributed by atoms with Crippen LogP contribution in [0.3, 0.4) is 0 Å². The number of aryl methyl sites for hydroxylation is 2. The van der Waals surface area contributed by atoms with Gasteiger partial charge < -0.3 is 4.42 Å². The second-order valence-electron chi connectivity index (χ2n) is 7.24. The predicted molar refractivity (Wildman–Crippen MR) is 117 cm³/mol. The molecular weight excluding hydrogens is 356 g/mol. The molecule has 0 aliphatic rings. The highest BCUT2D eigenvalue weighted by Crippen LogP contribution is 2.44. The average Bonchev–Trinajstić information content (AvgIpc) is 3.13. The van der Waals surface area contributed by atoms with E-state index in [0.29, 0.717) is 5.69 Å². The summed E-state index contributed by atoms with van der Waals surface area (Å²) >= 11 is 0. The maximum Gasteiger partial charge on any atom is 0.216 e. The van der Waals surface area contributed by atoms with Gasteiger partial charge in [0.2, 0.25) is 5.69 Å². The monoisotopic (exact) mass is 375 g/mol. The quantitative estimate of drug-likeness (QED) is 0.251. The van der Waals surface area contributed by atoms with Crippen LogP contribution in [0, 0.1) is 13.5 Å². The van der Waals surface area contributed by atoms with Crippen molar-refractivity contribution in [3.8, 4) is 22.4 Å². The Morgan fingerprint density at radius 2 is 1.66 bits per heavy atom. The van der Waals surface area contributed by atoms with Gasteiger partial charge in [-0.3, -0.25) is 0 Å². The van der Waals surface area contributed by atoms with Crippen LogP contribution in [0.5, 0.6) is 0 Å². The maximum absolute atomic E-state index is 7.70. The fraction of sp³-hybridized carbons (Fsp3) is 0.0769. The van der Waals surface area contributed by atoms with Crippen molar-refractivity contribution in [1.82, 2.24) is 0 Å². The number of nitrogens with zero attached hydrogens (tertiary/aromatic N) is 2. The molecule has 0 amide bonds. The van der Waals surface area contributed by atoms with Crippen molar-refractivity contribution in [2.75, 3.05) is 0 Å². The maximum atomic E-state index is 7.70. The Morgan fingerprint density at radius 3 is 2.41 bits per heavy atom. The van der Waals surface area contributed by atoms with Gasteiger partial charge in [-0.2, -0.15) is 0 Å². The molecule has 2 heterocycles. The van der Waals surface area contributed by atoms with Gasteiger partial charge in [-0.1, -0.05) is 48.5 Å². The van der Waals surface area contributed by atoms with Gasteiger partial charge in [-0.25, -0.2) is 9.41 Å². The van der Waals surface area contributed by atoms with Crippen LogP contribution in [0.4, 0.5) is 5.69 Å². The van der Waals surface area contributed by atoms with E-state index in [9.17, 15) is 0 Å². The Balaban J connectivity index is 1.95. The summed E-state index contributed by atoms with van der Waals surface area (Å²) in [5.74, 6) is 0. The highest BCUT2D eigenvalue weighted by molar-refractivity contribution is 6.18. The molecule has 0 bridgehead atoms. The molecule has 2 aromatic heterocycles. The molecule has 0 aliphatic carbocycles. The fourth-order valence-electron chi connectivity index (χ4n) is 4.11. The fourth-order valence-corrected chi connectivity index (χ4v) is 4.11. The molecule has 0 N–H and O–H groups in total. The van der Waals surface area contributed by atoms with Gasteiger partial charge in [0, 0.05) is 22.9 Å². The zero-order chi connectivity index (χ0) is 20.0. The first-order chi connectivity index (χ1) is 14.2. The molecule has 138 valence electrons. The molecule has 0 unspecified atom stereocenters. The lowest BCUT2D eigenvalue weighted by Gasteiger charge is -2.07. The first-order valence-electron chi connectivity index (χ1n) is 9.56. The van der Waals surface area contributed by atoms with Crippen molar-refractivity contribution in [2.24, 2.45) is 7.05 Å². The van der Waals surface area contributed by atoms with Crippen LogP contribution in [0.1, 0.15) is 5.56 Å². The number of pyridine rings is 1. The van der Waals surface area contributed by atoms with Crippen molar-refractivity contribution < 1.29 is 8.98 Å². The Hall–Kier alpha value is -3.90. The third-order valence-corrected chi connectivity index (χ3v) is 5.49. The lowest BCUT2D eigenvalue weighted by atomic mass is 9.95. The summed E-state index contributed by atoms with van der Waals surface area (Å²) in [4.78, 5) is 3.80. The Bertz CT molecular complexity index is 1420. The van der Waals surface area contributed by atoms with E-state index in [1.807, 2.05) is 55.7 Å². The zero-order valence-corrected chi connectivity index (χ0v) is 16.3. The normalized spacial score (nSPS) is 11.1. The molecule has 3 heteroatoms. The van der Waals surface area contributed by atoms with E-state index in [0.717, 1.165) is 49.9 Å². The third kappa shape index (κ3) is 2.61. The third-order valence-electron chi connectivity index (χ3n) is 5.49. The van der Waals surface area contributed by atoms with Gasteiger partial charge in [-0.15, -0.1) is 0 Å². The number of aromatic nitrogens is 1. The second-order valence-corrected chi connectivity index (χ2v) is 7.24. The molecule has 0 spiro atoms. The lowest BCUT2D eigenvalue weighted by Crippen LogP contribution is -2.30. The zero-order valence-electron chi connectivity index (χ0n) is 16.3. The van der Waals surface area contributed by atoms with Crippen LogP contribution < -0.4 is 4.57 Å². The van der Waals surface area contributed by atoms with Crippen LogP contribution >= 0.6 is 0 Å². The first kappa shape index (κ1) is 17.2. The summed E-state index contributed by atoms with van der Waals surface area (Å²) < 4.78 is 8.53. The molecule has 3 nitrogen and oxygen atoms in total. The number of hydrogen-bond acceptors (Lipinski definition) is 1. The number of fused-ring (bicyclic) bond motifs is 3. The van der Waals surface area contributed by atoms with Crippen LogP contribution in [0.15, 0.2) is 83.4 Å². The topological polar surface area (TPSA) is 21.4 Å². The van der Waals surface area contributed by atoms with Crippen molar-refractivity contribution in [3.63, 3.8) is 0 Å². The van der Waals surface area contributed by atoms with E-state index in [1.165, 1.54) is 0 Å². The standard InChI is InChI=1S/C26H19N2O/c1-17-12-13-19-25-22(29-26(19)23(17)21-11-7-8-16-28(21)3)15-14-20(27-2)24(25)18-9-5-4-6-10-18/h4-16H,1,3H3/q+1. The minimum atomic E-state index is 0.638. The number of benzene rings is 3. The molecule has 5 aromatic rings. The van der Waals surface area contributed by atoms with Crippen LogP contribution in [-0.4, -0.2) is 0 Å². The Labute approximate surface area is 169 Å². The van der Waals surface area contributed by atoms with Gasteiger partial charge in [0.15, 0.2) is 11.9 Å². The SMILES string of the molecule is [C-]#[N+]c1ccc2oc3c(-c4cccc[n+]4C)c(C)ccc3c2c1-c1ccccc1. The van der Waals surface area contributed by atoms with Crippen molar-refractivity contribution in [2.45, 2.75) is 6.92 Å². The van der Waals surface area contributed by atoms with E-state index >= 15 is 0 Å². The minimum Gasteiger partial charge on any atom is -0.455 e. The Kier molecular flexibility index (Phi) is 3.93. The highest BCUT2D eigenvalue weighted by atomic mass is 16.3. The lowest BCUT2D eigenvalue weighted by molar-refractivity contribution is -0.660. The van der Waals surface area contributed by atoms with Crippen LogP contribution in [0.25, 0.3) is 49.2 Å². The summed E-state index contributed by atoms with van der Waals surface area (Å²) in [5.41, 5.74) is 7.61. The summed E-state index contributed by atoms with van der Waals surface area (Å²) in [6, 6.07) is 24.3. The molecule has 3 aromatic carbocycles. The average molecular weight is 375 g/mol. The first-order valence-corrected chi connectivity index (χ1v) is 9.56. The molecule has 0 fully saturated rings. The van der Waals surface area contributed by atoms with Crippen molar-refractivity contribution in [3.05, 3.63) is 96.0 Å². The number of hydrogen-bond donors (Lipinski definition) is 0. The summed E-state index contributed by atoms with van der Waals surface area (Å²) in [5, 5.41) is 2.04. The Morgan fingerprint density at radius 1 is 0.862 bits per heavy atom. The molecule has 0 aliphatic heterocycles. The molecule has 0 radical (unpaired) electrons. The van der Waals surface area contributed by atoms with Crippen molar-refractivity contribution >= 4 is 27.6 Å². The molecule has 0 saturated carbocycles. The minimum absolute atomic E-state index is 0.638. The molecule has 5 rings (SSSR count). The van der Waals surface area contributed by atoms with Gasteiger partial charge in [-0.05, 0) is 35.7 Å². The van der Waals surface area contributed by atoms with Gasteiger partial charge in [0.05, 0.1) is 12.1 Å². The van der Waals surface area contributed by atoms with Gasteiger partial charge >= 0.3 is 0 Å². The highest BCUT2D eigenvalue weighted by Gasteiger charge is 2.22. The van der Waals surface area contributed by atoms with Crippen LogP contribution in [-0.2, 0) is 7.05 Å². The van der Waals surface area contributed by atoms with E-state index in [1.54, 1.807) is 0 Å². The molecule has 0 saturated heterocycles. The van der Waals surface area contributed by atoms with E-state index in [-0.39, 0.29) is 0 Å². The number of rotatable bonds is 2. The predicted octanol–water partition coefficient (Wildman–Crippen LogP) is 6.60. The van der Waals surface area contributed by atoms with E-state index in [4.69, 9.17) is 11.0 Å². The largest absolute Gasteiger partial charge is 0.455 e. The van der Waals surface area contributed by atoms with Crippen molar-refractivity contribution in [1.29, 1.82) is 0 Å². The molecule has 0 atom stereocenters. The van der Waals surface area contributed by atoms with Gasteiger partial charge in [0.1, 0.15) is 18.2 Å².